The van der Waals surface area contributed by atoms with Crippen molar-refractivity contribution in [1.29, 1.82) is 0 Å². The molecule has 0 saturated heterocycles. The minimum atomic E-state index is -0.517. The molecule has 0 aliphatic carbocycles. The first-order valence-electron chi connectivity index (χ1n) is 9.47. The van der Waals surface area contributed by atoms with Gasteiger partial charge in [0.1, 0.15) is 25.0 Å². The van der Waals surface area contributed by atoms with Crippen molar-refractivity contribution in [2.75, 3.05) is 11.9 Å². The maximum Gasteiger partial charge on any atom is 0.338 e. The molecule has 0 saturated carbocycles. The van der Waals surface area contributed by atoms with Gasteiger partial charge in [0.05, 0.1) is 5.57 Å². The summed E-state index contributed by atoms with van der Waals surface area (Å²) in [5.74, 6) is 0.739. The highest BCUT2D eigenvalue weighted by Crippen LogP contribution is 2.35. The van der Waals surface area contributed by atoms with Crippen LogP contribution in [0.2, 0.25) is 0 Å². The minimum Gasteiger partial charge on any atom is -0.489 e. The van der Waals surface area contributed by atoms with E-state index in [1.807, 2.05) is 54.6 Å². The van der Waals surface area contributed by atoms with E-state index in [2.05, 4.69) is 27.4 Å². The van der Waals surface area contributed by atoms with E-state index in [1.54, 1.807) is 11.6 Å². The molecule has 3 aromatic rings. The number of carbonyl (C=O) groups excluding carboxylic acids is 1. The summed E-state index contributed by atoms with van der Waals surface area (Å²) in [5, 5.41) is 14.8. The molecule has 1 aliphatic rings. The van der Waals surface area contributed by atoms with Crippen LogP contribution >= 0.6 is 0 Å². The molecule has 2 aromatic carbocycles. The highest BCUT2D eigenvalue weighted by molar-refractivity contribution is 5.92. The number of allylic oxidation sites excluding steroid dienone is 1. The second-order valence-corrected chi connectivity index (χ2v) is 6.74. The van der Waals surface area contributed by atoms with Gasteiger partial charge in [-0.05, 0) is 40.6 Å². The first-order valence-corrected chi connectivity index (χ1v) is 9.47. The van der Waals surface area contributed by atoms with Crippen LogP contribution in [-0.4, -0.2) is 32.8 Å². The lowest BCUT2D eigenvalue weighted by atomic mass is 9.96. The lowest BCUT2D eigenvalue weighted by Crippen LogP contribution is -2.29. The van der Waals surface area contributed by atoms with Crippen LogP contribution in [0.15, 0.2) is 78.5 Å². The molecular formula is C22H21N5O3. The SMILES string of the molecule is C=CCOC(=O)C1=C(C)Nc2nnnn2C1c1ccc(OCc2ccccc2)cc1. The van der Waals surface area contributed by atoms with E-state index in [1.165, 1.54) is 6.08 Å². The molecule has 1 aliphatic heterocycles. The van der Waals surface area contributed by atoms with Gasteiger partial charge in [-0.3, -0.25) is 0 Å². The van der Waals surface area contributed by atoms with Gasteiger partial charge >= 0.3 is 5.97 Å². The van der Waals surface area contributed by atoms with Crippen molar-refractivity contribution >= 4 is 11.9 Å². The summed E-state index contributed by atoms with van der Waals surface area (Å²) in [4.78, 5) is 12.7. The number of anilines is 1. The average Bonchev–Trinajstić information content (AvgIpc) is 3.24. The van der Waals surface area contributed by atoms with E-state index >= 15 is 0 Å². The predicted molar refractivity (Wildman–Crippen MR) is 111 cm³/mol. The Kier molecular flexibility index (Phi) is 5.56. The number of tetrazole rings is 1. The number of nitrogens with one attached hydrogen (secondary N) is 1. The number of esters is 1. The van der Waals surface area contributed by atoms with Crippen molar-refractivity contribution in [3.05, 3.63) is 89.6 Å². The number of aromatic nitrogens is 4. The highest BCUT2D eigenvalue weighted by Gasteiger charge is 2.34. The van der Waals surface area contributed by atoms with Crippen LogP contribution in [0.1, 0.15) is 24.1 Å². The number of carbonyl (C=O) groups is 1. The Balaban J connectivity index is 1.60. The zero-order chi connectivity index (χ0) is 20.9. The van der Waals surface area contributed by atoms with E-state index in [4.69, 9.17) is 9.47 Å². The summed E-state index contributed by atoms with van der Waals surface area (Å²) >= 11 is 0. The van der Waals surface area contributed by atoms with E-state index in [0.29, 0.717) is 23.8 Å². The normalized spacial score (nSPS) is 15.2. The predicted octanol–water partition coefficient (Wildman–Crippen LogP) is 3.27. The standard InChI is InChI=1S/C22H21N5O3/c1-3-13-29-21(28)19-15(2)23-22-24-25-26-27(22)20(19)17-9-11-18(12-10-17)30-14-16-7-5-4-6-8-16/h3-12,20H,1,13-14H2,2H3,(H,23,24,26). The second kappa shape index (κ2) is 8.60. The topological polar surface area (TPSA) is 91.2 Å². The zero-order valence-corrected chi connectivity index (χ0v) is 16.5. The van der Waals surface area contributed by atoms with E-state index < -0.39 is 12.0 Å². The number of benzene rings is 2. The van der Waals surface area contributed by atoms with Crippen molar-refractivity contribution in [3.63, 3.8) is 0 Å². The molecular weight excluding hydrogens is 382 g/mol. The molecule has 30 heavy (non-hydrogen) atoms. The maximum atomic E-state index is 12.7. The van der Waals surface area contributed by atoms with Crippen LogP contribution in [0.5, 0.6) is 5.75 Å². The molecule has 1 N–H and O–H groups in total. The average molecular weight is 403 g/mol. The summed E-state index contributed by atoms with van der Waals surface area (Å²) < 4.78 is 12.7. The quantitative estimate of drug-likeness (QED) is 0.478. The van der Waals surface area contributed by atoms with Crippen LogP contribution in [0.25, 0.3) is 0 Å². The molecule has 2 heterocycles. The fraction of sp³-hybridized carbons (Fsp3) is 0.182. The molecule has 0 bridgehead atoms. The third-order valence-corrected chi connectivity index (χ3v) is 4.71. The number of hydrogen-bond donors (Lipinski definition) is 1. The Hall–Kier alpha value is -3.94. The third kappa shape index (κ3) is 3.93. The smallest absolute Gasteiger partial charge is 0.338 e. The monoisotopic (exact) mass is 403 g/mol. The molecule has 1 aromatic heterocycles. The molecule has 1 atom stereocenters. The lowest BCUT2D eigenvalue weighted by Gasteiger charge is -2.27. The number of hydrogen-bond acceptors (Lipinski definition) is 7. The van der Waals surface area contributed by atoms with Gasteiger partial charge in [0.25, 0.3) is 0 Å². The van der Waals surface area contributed by atoms with Crippen molar-refractivity contribution in [1.82, 2.24) is 20.2 Å². The van der Waals surface area contributed by atoms with Crippen molar-refractivity contribution in [2.24, 2.45) is 0 Å². The van der Waals surface area contributed by atoms with Crippen molar-refractivity contribution in [2.45, 2.75) is 19.6 Å². The van der Waals surface area contributed by atoms with Gasteiger partial charge < -0.3 is 14.8 Å². The molecule has 0 radical (unpaired) electrons. The Labute approximate surface area is 173 Å². The van der Waals surface area contributed by atoms with Crippen LogP contribution in [0, 0.1) is 0 Å². The van der Waals surface area contributed by atoms with Gasteiger partial charge in [-0.1, -0.05) is 60.2 Å². The Morgan fingerprint density at radius 3 is 2.70 bits per heavy atom. The van der Waals surface area contributed by atoms with Crippen LogP contribution in [0.3, 0.4) is 0 Å². The Morgan fingerprint density at radius 1 is 1.20 bits per heavy atom. The summed E-state index contributed by atoms with van der Waals surface area (Å²) in [6, 6.07) is 17.0. The van der Waals surface area contributed by atoms with Crippen LogP contribution < -0.4 is 10.1 Å². The van der Waals surface area contributed by atoms with E-state index in [-0.39, 0.29) is 6.61 Å². The molecule has 8 heteroatoms. The number of ether oxygens (including phenoxy) is 2. The van der Waals surface area contributed by atoms with E-state index in [9.17, 15) is 4.79 Å². The summed E-state index contributed by atoms with van der Waals surface area (Å²) in [5.41, 5.74) is 3.00. The molecule has 8 nitrogen and oxygen atoms in total. The molecule has 0 amide bonds. The maximum absolute atomic E-state index is 12.7. The van der Waals surface area contributed by atoms with Crippen molar-refractivity contribution in [3.8, 4) is 5.75 Å². The van der Waals surface area contributed by atoms with Crippen LogP contribution in [-0.2, 0) is 16.1 Å². The van der Waals surface area contributed by atoms with Gasteiger partial charge in [0.2, 0.25) is 5.95 Å². The number of rotatable bonds is 7. The second-order valence-electron chi connectivity index (χ2n) is 6.74. The summed E-state index contributed by atoms with van der Waals surface area (Å²) in [6.07, 6.45) is 1.53. The van der Waals surface area contributed by atoms with Gasteiger partial charge in [-0.15, -0.1) is 0 Å². The first kappa shape index (κ1) is 19.4. The van der Waals surface area contributed by atoms with Gasteiger partial charge in [0, 0.05) is 5.70 Å². The third-order valence-electron chi connectivity index (χ3n) is 4.71. The Bertz CT molecular complexity index is 1070. The van der Waals surface area contributed by atoms with Gasteiger partial charge in [-0.2, -0.15) is 4.68 Å². The molecule has 4 rings (SSSR count). The van der Waals surface area contributed by atoms with E-state index in [0.717, 1.165) is 16.9 Å². The fourth-order valence-electron chi connectivity index (χ4n) is 3.28. The number of nitrogens with zero attached hydrogens (tertiary/aromatic N) is 4. The number of fused-ring (bicyclic) bond motifs is 1. The first-order chi connectivity index (χ1) is 14.7. The highest BCUT2D eigenvalue weighted by atomic mass is 16.5. The molecule has 0 fully saturated rings. The molecule has 1 unspecified atom stereocenters. The lowest BCUT2D eigenvalue weighted by molar-refractivity contribution is -0.138. The van der Waals surface area contributed by atoms with Crippen molar-refractivity contribution < 1.29 is 14.3 Å². The van der Waals surface area contributed by atoms with Gasteiger partial charge in [0.15, 0.2) is 0 Å². The zero-order valence-electron chi connectivity index (χ0n) is 16.5. The minimum absolute atomic E-state index is 0.122. The Morgan fingerprint density at radius 2 is 1.97 bits per heavy atom. The summed E-state index contributed by atoms with van der Waals surface area (Å²) in [7, 11) is 0. The summed E-state index contributed by atoms with van der Waals surface area (Å²) in [6.45, 7) is 5.99. The largest absolute Gasteiger partial charge is 0.489 e. The van der Waals surface area contributed by atoms with Gasteiger partial charge in [-0.25, -0.2) is 4.79 Å². The molecule has 0 spiro atoms. The molecule has 152 valence electrons. The fourth-order valence-corrected chi connectivity index (χ4v) is 3.28. The van der Waals surface area contributed by atoms with Crippen LogP contribution in [0.4, 0.5) is 5.95 Å².